The number of rotatable bonds is 9. The van der Waals surface area contributed by atoms with Gasteiger partial charge in [-0.05, 0) is 74.8 Å². The van der Waals surface area contributed by atoms with Crippen LogP contribution < -0.4 is 5.32 Å². The molecular weight excluding hydrogens is 573 g/mol. The molecular formula is C30H37F3N2O4S2. The number of hydrogen-bond acceptors (Lipinski definition) is 6. The molecule has 0 spiro atoms. The first-order valence-electron chi connectivity index (χ1n) is 13.8. The van der Waals surface area contributed by atoms with E-state index in [1.807, 2.05) is 19.9 Å². The Kier molecular flexibility index (Phi) is 9.40. The van der Waals surface area contributed by atoms with Crippen molar-refractivity contribution in [1.29, 1.82) is 0 Å². The van der Waals surface area contributed by atoms with Crippen molar-refractivity contribution >= 4 is 27.1 Å². The molecule has 2 N–H and O–H groups in total. The number of carbonyl (C=O) groups excluding carboxylic acids is 1. The zero-order valence-corrected chi connectivity index (χ0v) is 25.1. The molecule has 1 aliphatic heterocycles. The molecule has 1 aliphatic carbocycles. The highest BCUT2D eigenvalue weighted by Crippen LogP contribution is 2.44. The van der Waals surface area contributed by atoms with E-state index >= 15 is 0 Å². The summed E-state index contributed by atoms with van der Waals surface area (Å²) in [7, 11) is -3.39. The van der Waals surface area contributed by atoms with Crippen molar-refractivity contribution in [3.8, 4) is 0 Å². The highest BCUT2D eigenvalue weighted by molar-refractivity contribution is 7.91. The molecule has 1 amide bonds. The third-order valence-corrected chi connectivity index (χ3v) is 11.0. The van der Waals surface area contributed by atoms with E-state index in [0.29, 0.717) is 36.4 Å². The lowest BCUT2D eigenvalue weighted by Crippen LogP contribution is -2.33. The second kappa shape index (κ2) is 12.3. The summed E-state index contributed by atoms with van der Waals surface area (Å²) in [6.45, 7) is 10.5. The fourth-order valence-electron chi connectivity index (χ4n) is 5.69. The highest BCUT2D eigenvalue weighted by atomic mass is 32.2. The Morgan fingerprint density at radius 1 is 1.20 bits per heavy atom. The molecule has 1 saturated carbocycles. The topological polar surface area (TPSA) is 86.7 Å². The second-order valence-electron chi connectivity index (χ2n) is 11.2. The number of amides is 1. The number of nitrogens with one attached hydrogen (secondary N) is 1. The first-order valence-corrected chi connectivity index (χ1v) is 16.3. The van der Waals surface area contributed by atoms with Crippen molar-refractivity contribution in [2.75, 3.05) is 12.3 Å². The smallest absolute Gasteiger partial charge is 0.391 e. The minimum absolute atomic E-state index is 0.0351. The molecule has 2 aliphatic rings. The number of aliphatic hydroxyl groups is 1. The average Bonchev–Trinajstić information content (AvgIpc) is 3.45. The number of carbonyl (C=O) groups is 1. The molecule has 0 bridgehead atoms. The summed E-state index contributed by atoms with van der Waals surface area (Å²) in [4.78, 5) is 17.2. The average molecular weight is 611 g/mol. The van der Waals surface area contributed by atoms with Crippen LogP contribution in [0.1, 0.15) is 84.2 Å². The summed E-state index contributed by atoms with van der Waals surface area (Å²) in [5.74, 6) is -1.69. The van der Waals surface area contributed by atoms with Gasteiger partial charge in [0.15, 0.2) is 9.84 Å². The maximum Gasteiger partial charge on any atom is 0.391 e. The number of benzene rings is 1. The van der Waals surface area contributed by atoms with Gasteiger partial charge in [-0.25, -0.2) is 8.42 Å². The van der Waals surface area contributed by atoms with Crippen LogP contribution in [0.5, 0.6) is 0 Å². The number of hydrogen-bond donors (Lipinski definition) is 2. The first kappa shape index (κ1) is 31.3. The van der Waals surface area contributed by atoms with E-state index in [1.165, 1.54) is 23.5 Å². The third-order valence-electron chi connectivity index (χ3n) is 7.96. The number of aliphatic hydroxyl groups excluding tert-OH is 1. The summed E-state index contributed by atoms with van der Waals surface area (Å²) >= 11 is 1.37. The summed E-state index contributed by atoms with van der Waals surface area (Å²) in [5.41, 5.74) is 2.62. The van der Waals surface area contributed by atoms with Gasteiger partial charge in [-0.1, -0.05) is 37.3 Å². The molecule has 224 valence electrons. The number of thiophene rings is 1. The maximum atomic E-state index is 13.3. The fourth-order valence-corrected chi connectivity index (χ4v) is 7.75. The minimum atomic E-state index is -4.12. The number of halogens is 3. The summed E-state index contributed by atoms with van der Waals surface area (Å²) in [5, 5.41) is 13.1. The first-order chi connectivity index (χ1) is 19.2. The monoisotopic (exact) mass is 610 g/mol. The summed E-state index contributed by atoms with van der Waals surface area (Å²) in [6, 6.07) is 6.86. The van der Waals surface area contributed by atoms with Crippen molar-refractivity contribution in [2.45, 2.75) is 76.2 Å². The van der Waals surface area contributed by atoms with Crippen molar-refractivity contribution < 1.29 is 31.5 Å². The van der Waals surface area contributed by atoms with E-state index in [0.717, 1.165) is 16.0 Å². The van der Waals surface area contributed by atoms with E-state index in [4.69, 9.17) is 0 Å². The van der Waals surface area contributed by atoms with Gasteiger partial charge < -0.3 is 10.4 Å². The fraction of sp³-hybridized carbons (Fsp3) is 0.500. The molecule has 4 rings (SSSR count). The molecule has 41 heavy (non-hydrogen) atoms. The van der Waals surface area contributed by atoms with Gasteiger partial charge in [0.05, 0.1) is 27.5 Å². The van der Waals surface area contributed by atoms with Crippen LogP contribution in [-0.2, 0) is 16.4 Å². The largest absolute Gasteiger partial charge is 0.510 e. The normalized spacial score (nSPS) is 22.1. The quantitative estimate of drug-likeness (QED) is 0.230. The molecule has 1 aromatic heterocycles. The number of nitrogens with zero attached hydrogens (tertiary/aromatic N) is 1. The maximum absolute atomic E-state index is 13.3. The summed E-state index contributed by atoms with van der Waals surface area (Å²) < 4.78 is 63.6. The Hall–Kier alpha value is -2.63. The van der Waals surface area contributed by atoms with Crippen LogP contribution in [0.3, 0.4) is 0 Å². The van der Waals surface area contributed by atoms with Crippen molar-refractivity contribution in [2.24, 2.45) is 11.8 Å². The van der Waals surface area contributed by atoms with Gasteiger partial charge >= 0.3 is 6.18 Å². The Bertz CT molecular complexity index is 1400. The predicted molar refractivity (Wildman–Crippen MR) is 155 cm³/mol. The standard InChI is InChI=1S/C30H37F3N2O4S2/c1-5-41(38,39)24-12-8-21(9-13-24)27(19(4)36)34-29(37)26-15-22-17-35(25(14-18(2)3)28(22)40-26)16-20-6-10-23(11-7-20)30(31,32)33/h8-9,12-15,20,23,25,27,36H,4-7,10-11,16-17H2,1-3H3,(H,34,37)/t20?,23?,25?,27-/m0/s1. The zero-order valence-electron chi connectivity index (χ0n) is 23.5. The molecule has 2 aromatic rings. The van der Waals surface area contributed by atoms with Gasteiger partial charge in [-0.2, -0.15) is 13.2 Å². The lowest BCUT2D eigenvalue weighted by atomic mass is 9.81. The predicted octanol–water partition coefficient (Wildman–Crippen LogP) is 7.28. The van der Waals surface area contributed by atoms with Gasteiger partial charge in [0.1, 0.15) is 11.8 Å². The number of allylic oxidation sites excluding steroid dienone is 1. The highest BCUT2D eigenvalue weighted by Gasteiger charge is 2.42. The lowest BCUT2D eigenvalue weighted by molar-refractivity contribution is -0.184. The van der Waals surface area contributed by atoms with E-state index in [-0.39, 0.29) is 47.1 Å². The Morgan fingerprint density at radius 3 is 2.37 bits per heavy atom. The number of alkyl halides is 3. The van der Waals surface area contributed by atoms with E-state index < -0.39 is 28.0 Å². The Labute approximate surface area is 243 Å². The van der Waals surface area contributed by atoms with Gasteiger partial charge in [0, 0.05) is 18.0 Å². The molecule has 1 fully saturated rings. The van der Waals surface area contributed by atoms with Gasteiger partial charge in [-0.15, -0.1) is 11.3 Å². The number of sulfone groups is 1. The zero-order chi connectivity index (χ0) is 30.1. The van der Waals surface area contributed by atoms with Crippen LogP contribution in [0.4, 0.5) is 13.2 Å². The lowest BCUT2D eigenvalue weighted by Gasteiger charge is -2.33. The molecule has 1 unspecified atom stereocenters. The van der Waals surface area contributed by atoms with E-state index in [2.05, 4.69) is 22.9 Å². The Morgan fingerprint density at radius 2 is 1.83 bits per heavy atom. The molecule has 0 saturated heterocycles. The van der Waals surface area contributed by atoms with Gasteiger partial charge in [-0.3, -0.25) is 9.69 Å². The van der Waals surface area contributed by atoms with Crippen LogP contribution in [-0.4, -0.2) is 42.8 Å². The summed E-state index contributed by atoms with van der Waals surface area (Å²) in [6.07, 6.45) is -0.519. The molecule has 1 aromatic carbocycles. The third kappa shape index (κ3) is 7.24. The Balaban J connectivity index is 1.47. The molecule has 2 atom stereocenters. The number of fused-ring (bicyclic) bond motifs is 1. The van der Waals surface area contributed by atoms with Crippen LogP contribution in [0.25, 0.3) is 0 Å². The molecule has 0 radical (unpaired) electrons. The second-order valence-corrected chi connectivity index (χ2v) is 14.6. The van der Waals surface area contributed by atoms with E-state index in [9.17, 15) is 31.5 Å². The SMILES string of the molecule is C=C(O)[C@H](NC(=O)c1cc2c(s1)C(C=C(C)C)N(CC1CCC(C(F)(F)F)CC1)C2)c1ccc(S(=O)(=O)CC)cc1. The molecule has 2 heterocycles. The van der Waals surface area contributed by atoms with Crippen LogP contribution in [0.15, 0.2) is 59.2 Å². The van der Waals surface area contributed by atoms with Crippen LogP contribution in [0, 0.1) is 11.8 Å². The van der Waals surface area contributed by atoms with Gasteiger partial charge in [0.25, 0.3) is 5.91 Å². The van der Waals surface area contributed by atoms with Crippen molar-refractivity contribution in [1.82, 2.24) is 10.2 Å². The van der Waals surface area contributed by atoms with Crippen LogP contribution >= 0.6 is 11.3 Å². The minimum Gasteiger partial charge on any atom is -0.510 e. The van der Waals surface area contributed by atoms with Gasteiger partial charge in [0.2, 0.25) is 0 Å². The van der Waals surface area contributed by atoms with Crippen molar-refractivity contribution in [3.63, 3.8) is 0 Å². The van der Waals surface area contributed by atoms with Crippen LogP contribution in [0.2, 0.25) is 0 Å². The van der Waals surface area contributed by atoms with E-state index in [1.54, 1.807) is 19.1 Å². The molecule has 11 heteroatoms. The van der Waals surface area contributed by atoms with Crippen molar-refractivity contribution in [3.05, 3.63) is 75.2 Å². The molecule has 6 nitrogen and oxygen atoms in total.